The third kappa shape index (κ3) is 5.08. The normalized spacial score (nSPS) is 22.4. The summed E-state index contributed by atoms with van der Waals surface area (Å²) in [6.45, 7) is 5.86. The van der Waals surface area contributed by atoms with Crippen LogP contribution in [-0.4, -0.2) is 41.9 Å². The Morgan fingerprint density at radius 2 is 2.05 bits per heavy atom. The molecule has 0 amide bonds. The van der Waals surface area contributed by atoms with E-state index in [-0.39, 0.29) is 18.9 Å². The van der Waals surface area contributed by atoms with Gasteiger partial charge in [0.1, 0.15) is 0 Å². The van der Waals surface area contributed by atoms with Gasteiger partial charge in [-0.05, 0) is 40.0 Å². The van der Waals surface area contributed by atoms with Gasteiger partial charge in [-0.3, -0.25) is 4.79 Å². The number of hydrogen-bond acceptors (Lipinski definition) is 3. The van der Waals surface area contributed by atoms with Gasteiger partial charge in [-0.25, -0.2) is 0 Å². The van der Waals surface area contributed by atoms with Gasteiger partial charge in [0.25, 0.3) is 10.2 Å². The first-order valence-corrected chi connectivity index (χ1v) is 8.10. The molecule has 1 fully saturated rings. The van der Waals surface area contributed by atoms with Crippen LogP contribution in [0.2, 0.25) is 0 Å². The molecule has 1 saturated heterocycles. The molecule has 0 saturated carbocycles. The maximum atomic E-state index is 12.3. The Bertz CT molecular complexity index is 419. The molecule has 1 aliphatic rings. The van der Waals surface area contributed by atoms with E-state index in [0.29, 0.717) is 6.54 Å². The van der Waals surface area contributed by atoms with Crippen LogP contribution < -0.4 is 4.72 Å². The molecule has 2 N–H and O–H groups in total. The van der Waals surface area contributed by atoms with E-state index in [2.05, 4.69) is 4.72 Å². The smallest absolute Gasteiger partial charge is 0.303 e. The number of carboxylic acids is 1. The Labute approximate surface area is 115 Å². The van der Waals surface area contributed by atoms with Crippen LogP contribution in [0.25, 0.3) is 0 Å². The van der Waals surface area contributed by atoms with Gasteiger partial charge in [-0.15, -0.1) is 0 Å². The highest BCUT2D eigenvalue weighted by atomic mass is 32.2. The zero-order valence-electron chi connectivity index (χ0n) is 11.8. The number of rotatable bonds is 6. The minimum absolute atomic E-state index is 0.00141. The van der Waals surface area contributed by atoms with Gasteiger partial charge in [0.15, 0.2) is 0 Å². The molecular formula is C12H24N2O4S. The van der Waals surface area contributed by atoms with Crippen molar-refractivity contribution in [3.8, 4) is 0 Å². The Hall–Kier alpha value is -0.660. The van der Waals surface area contributed by atoms with Crippen LogP contribution in [-0.2, 0) is 15.0 Å². The number of aliphatic carboxylic acids is 1. The van der Waals surface area contributed by atoms with E-state index in [4.69, 9.17) is 5.11 Å². The van der Waals surface area contributed by atoms with Crippen LogP contribution in [0, 0.1) is 0 Å². The van der Waals surface area contributed by atoms with Crippen molar-refractivity contribution < 1.29 is 18.3 Å². The van der Waals surface area contributed by atoms with Gasteiger partial charge >= 0.3 is 5.97 Å². The Kier molecular flexibility index (Phi) is 5.34. The maximum absolute atomic E-state index is 12.3. The lowest BCUT2D eigenvalue weighted by Crippen LogP contribution is -2.54. The minimum atomic E-state index is -3.55. The molecule has 0 aliphatic carbocycles. The largest absolute Gasteiger partial charge is 0.481 e. The van der Waals surface area contributed by atoms with Gasteiger partial charge in [-0.1, -0.05) is 6.42 Å². The Morgan fingerprint density at radius 3 is 2.58 bits per heavy atom. The summed E-state index contributed by atoms with van der Waals surface area (Å²) in [6.07, 6.45) is 3.02. The number of nitrogens with one attached hydrogen (secondary N) is 1. The summed E-state index contributed by atoms with van der Waals surface area (Å²) in [7, 11) is -3.55. The summed E-state index contributed by atoms with van der Waals surface area (Å²) in [5.41, 5.74) is -0.756. The molecule has 0 bridgehead atoms. The average Bonchev–Trinajstić information content (AvgIpc) is 2.25. The summed E-state index contributed by atoms with van der Waals surface area (Å²) in [6, 6.07) is 0.00141. The quantitative estimate of drug-likeness (QED) is 0.773. The highest BCUT2D eigenvalue weighted by Crippen LogP contribution is 2.21. The summed E-state index contributed by atoms with van der Waals surface area (Å²) >= 11 is 0. The van der Waals surface area contributed by atoms with Crippen molar-refractivity contribution in [1.82, 2.24) is 9.03 Å². The molecule has 1 atom stereocenters. The molecule has 7 heteroatoms. The van der Waals surface area contributed by atoms with E-state index >= 15 is 0 Å². The Balaban J connectivity index is 2.69. The molecule has 1 heterocycles. The van der Waals surface area contributed by atoms with Crippen molar-refractivity contribution in [1.29, 1.82) is 0 Å². The van der Waals surface area contributed by atoms with Gasteiger partial charge in [0.2, 0.25) is 0 Å². The predicted octanol–water partition coefficient (Wildman–Crippen LogP) is 1.34. The highest BCUT2D eigenvalue weighted by molar-refractivity contribution is 7.87. The molecule has 0 spiro atoms. The van der Waals surface area contributed by atoms with E-state index in [1.54, 1.807) is 13.8 Å². The van der Waals surface area contributed by atoms with Gasteiger partial charge in [-0.2, -0.15) is 17.4 Å². The van der Waals surface area contributed by atoms with Crippen molar-refractivity contribution in [3.05, 3.63) is 0 Å². The Morgan fingerprint density at radius 1 is 1.42 bits per heavy atom. The molecule has 112 valence electrons. The maximum Gasteiger partial charge on any atom is 0.303 e. The standard InChI is InChI=1S/C12H24N2O4S/c1-10-6-4-5-9-14(10)19(17,18)13-12(2,3)8-7-11(15)16/h10,13H,4-9H2,1-3H3,(H,15,16). The van der Waals surface area contributed by atoms with Gasteiger partial charge in [0.05, 0.1) is 0 Å². The number of piperidine rings is 1. The van der Waals surface area contributed by atoms with Crippen molar-refractivity contribution >= 4 is 16.2 Å². The first-order valence-electron chi connectivity index (χ1n) is 6.66. The third-order valence-corrected chi connectivity index (χ3v) is 5.39. The zero-order chi connectivity index (χ0) is 14.7. The molecule has 6 nitrogen and oxygen atoms in total. The first kappa shape index (κ1) is 16.4. The molecule has 19 heavy (non-hydrogen) atoms. The lowest BCUT2D eigenvalue weighted by atomic mass is 10.0. The van der Waals surface area contributed by atoms with Crippen molar-refractivity contribution in [2.45, 2.75) is 64.5 Å². The van der Waals surface area contributed by atoms with Crippen LogP contribution >= 0.6 is 0 Å². The predicted molar refractivity (Wildman–Crippen MR) is 73.0 cm³/mol. The van der Waals surface area contributed by atoms with Crippen LogP contribution in [0.5, 0.6) is 0 Å². The summed E-state index contributed by atoms with van der Waals surface area (Å²) in [5.74, 6) is -0.918. The van der Waals surface area contributed by atoms with Crippen molar-refractivity contribution in [3.63, 3.8) is 0 Å². The molecule has 1 unspecified atom stereocenters. The number of hydrogen-bond donors (Lipinski definition) is 2. The molecule has 0 aromatic rings. The minimum Gasteiger partial charge on any atom is -0.481 e. The highest BCUT2D eigenvalue weighted by Gasteiger charge is 2.33. The molecule has 0 aromatic heterocycles. The summed E-state index contributed by atoms with van der Waals surface area (Å²) in [4.78, 5) is 10.6. The van der Waals surface area contributed by atoms with Crippen molar-refractivity contribution in [2.75, 3.05) is 6.54 Å². The van der Waals surface area contributed by atoms with Crippen LogP contribution in [0.3, 0.4) is 0 Å². The molecule has 1 rings (SSSR count). The molecule has 0 aromatic carbocycles. The van der Waals surface area contributed by atoms with Crippen LogP contribution in [0.15, 0.2) is 0 Å². The second kappa shape index (κ2) is 6.19. The first-order chi connectivity index (χ1) is 8.64. The van der Waals surface area contributed by atoms with Gasteiger partial charge < -0.3 is 5.11 Å². The summed E-state index contributed by atoms with van der Waals surface area (Å²) < 4.78 is 28.8. The second-order valence-corrected chi connectivity index (χ2v) is 7.46. The van der Waals surface area contributed by atoms with E-state index < -0.39 is 21.7 Å². The van der Waals surface area contributed by atoms with Crippen LogP contribution in [0.4, 0.5) is 0 Å². The lowest BCUT2D eigenvalue weighted by molar-refractivity contribution is -0.137. The van der Waals surface area contributed by atoms with E-state index in [1.807, 2.05) is 6.92 Å². The monoisotopic (exact) mass is 292 g/mol. The zero-order valence-corrected chi connectivity index (χ0v) is 12.7. The third-order valence-electron chi connectivity index (χ3n) is 3.42. The summed E-state index contributed by atoms with van der Waals surface area (Å²) in [5, 5.41) is 8.68. The van der Waals surface area contributed by atoms with Gasteiger partial charge in [0, 0.05) is 24.5 Å². The number of nitrogens with zero attached hydrogens (tertiary/aromatic N) is 1. The van der Waals surface area contributed by atoms with E-state index in [9.17, 15) is 13.2 Å². The number of carboxylic acid groups (broad SMARTS) is 1. The topological polar surface area (TPSA) is 86.7 Å². The SMILES string of the molecule is CC1CCCCN1S(=O)(=O)NC(C)(C)CCC(=O)O. The fourth-order valence-corrected chi connectivity index (χ4v) is 4.17. The molecule has 1 aliphatic heterocycles. The fourth-order valence-electron chi connectivity index (χ4n) is 2.31. The molecular weight excluding hydrogens is 268 g/mol. The molecule has 0 radical (unpaired) electrons. The van der Waals surface area contributed by atoms with E-state index in [1.165, 1.54) is 4.31 Å². The second-order valence-electron chi connectivity index (χ2n) is 5.84. The average molecular weight is 292 g/mol. The number of carbonyl (C=O) groups is 1. The van der Waals surface area contributed by atoms with E-state index in [0.717, 1.165) is 19.3 Å². The lowest BCUT2D eigenvalue weighted by Gasteiger charge is -2.35. The fraction of sp³-hybridized carbons (Fsp3) is 0.917. The van der Waals surface area contributed by atoms with Crippen LogP contribution in [0.1, 0.15) is 52.9 Å². The van der Waals surface area contributed by atoms with Crippen molar-refractivity contribution in [2.24, 2.45) is 0 Å².